The molecule has 1 fully saturated rings. The van der Waals surface area contributed by atoms with Gasteiger partial charge in [-0.1, -0.05) is 12.1 Å². The maximum absolute atomic E-state index is 13.3. The van der Waals surface area contributed by atoms with Gasteiger partial charge < -0.3 is 10.1 Å². The van der Waals surface area contributed by atoms with E-state index in [2.05, 4.69) is 5.32 Å². The molecule has 2 rings (SSSR count). The summed E-state index contributed by atoms with van der Waals surface area (Å²) < 4.78 is 31.6. The van der Waals surface area contributed by atoms with Gasteiger partial charge in [-0.2, -0.15) is 0 Å². The van der Waals surface area contributed by atoms with Crippen LogP contribution < -0.4 is 5.32 Å². The minimum atomic E-state index is -0.796. The van der Waals surface area contributed by atoms with E-state index in [1.54, 1.807) is 6.07 Å². The first kappa shape index (κ1) is 11.5. The molecule has 1 aromatic carbocycles. The Balaban J connectivity index is 1.96. The van der Waals surface area contributed by atoms with Crippen molar-refractivity contribution in [2.75, 3.05) is 6.61 Å². The van der Waals surface area contributed by atoms with Crippen molar-refractivity contribution in [3.05, 3.63) is 35.4 Å². The minimum Gasteiger partial charge on any atom is -0.377 e. The average molecular weight is 227 g/mol. The number of hydrogen-bond acceptors (Lipinski definition) is 2. The third kappa shape index (κ3) is 2.39. The van der Waals surface area contributed by atoms with E-state index < -0.39 is 11.6 Å². The highest BCUT2D eigenvalue weighted by molar-refractivity contribution is 5.18. The minimum absolute atomic E-state index is 0.136. The molecule has 1 saturated heterocycles. The van der Waals surface area contributed by atoms with Crippen LogP contribution in [0.1, 0.15) is 18.9 Å². The van der Waals surface area contributed by atoms with E-state index in [1.807, 2.05) is 6.92 Å². The highest BCUT2D eigenvalue weighted by Gasteiger charge is 2.23. The van der Waals surface area contributed by atoms with Crippen molar-refractivity contribution in [3.8, 4) is 0 Å². The van der Waals surface area contributed by atoms with Crippen LogP contribution in [0.25, 0.3) is 0 Å². The summed E-state index contributed by atoms with van der Waals surface area (Å²) in [6.45, 7) is 3.04. The number of ether oxygens (including phenoxy) is 1. The van der Waals surface area contributed by atoms with Crippen LogP contribution >= 0.6 is 0 Å². The standard InChI is InChI=1S/C12H15F2NO/c1-8-11(5-6-16-8)15-7-9-3-2-4-10(13)12(9)14/h2-4,8,11,15H,5-7H2,1H3. The lowest BCUT2D eigenvalue weighted by Crippen LogP contribution is -2.34. The molecule has 0 saturated carbocycles. The Bertz CT molecular complexity index is 370. The monoisotopic (exact) mass is 227 g/mol. The van der Waals surface area contributed by atoms with Gasteiger partial charge in [-0.3, -0.25) is 0 Å². The van der Waals surface area contributed by atoms with Crippen molar-refractivity contribution in [1.82, 2.24) is 5.32 Å². The Morgan fingerprint density at radius 1 is 1.44 bits per heavy atom. The molecular formula is C12H15F2NO. The van der Waals surface area contributed by atoms with Gasteiger partial charge in [0.05, 0.1) is 6.10 Å². The van der Waals surface area contributed by atoms with Gasteiger partial charge in [-0.15, -0.1) is 0 Å². The number of halogens is 2. The van der Waals surface area contributed by atoms with Crippen molar-refractivity contribution >= 4 is 0 Å². The zero-order chi connectivity index (χ0) is 11.5. The second kappa shape index (κ2) is 4.89. The van der Waals surface area contributed by atoms with Crippen molar-refractivity contribution in [2.24, 2.45) is 0 Å². The van der Waals surface area contributed by atoms with Crippen molar-refractivity contribution in [1.29, 1.82) is 0 Å². The Labute approximate surface area is 93.6 Å². The van der Waals surface area contributed by atoms with Gasteiger partial charge >= 0.3 is 0 Å². The molecule has 0 aromatic heterocycles. The number of hydrogen-bond donors (Lipinski definition) is 1. The van der Waals surface area contributed by atoms with Gasteiger partial charge in [0.25, 0.3) is 0 Å². The van der Waals surface area contributed by atoms with E-state index in [9.17, 15) is 8.78 Å². The summed E-state index contributed by atoms with van der Waals surface area (Å²) >= 11 is 0. The van der Waals surface area contributed by atoms with Gasteiger partial charge in [0, 0.05) is 24.8 Å². The molecule has 2 atom stereocenters. The smallest absolute Gasteiger partial charge is 0.163 e. The summed E-state index contributed by atoms with van der Waals surface area (Å²) in [6.07, 6.45) is 1.05. The van der Waals surface area contributed by atoms with E-state index >= 15 is 0 Å². The quantitative estimate of drug-likeness (QED) is 0.855. The van der Waals surface area contributed by atoms with Crippen LogP contribution in [0.5, 0.6) is 0 Å². The number of benzene rings is 1. The molecule has 4 heteroatoms. The molecule has 1 N–H and O–H groups in total. The van der Waals surface area contributed by atoms with E-state index in [-0.39, 0.29) is 12.1 Å². The molecule has 2 nitrogen and oxygen atoms in total. The van der Waals surface area contributed by atoms with E-state index in [4.69, 9.17) is 4.74 Å². The maximum Gasteiger partial charge on any atom is 0.163 e. The van der Waals surface area contributed by atoms with E-state index in [0.29, 0.717) is 12.1 Å². The first-order chi connectivity index (χ1) is 7.68. The fraction of sp³-hybridized carbons (Fsp3) is 0.500. The first-order valence-corrected chi connectivity index (χ1v) is 5.46. The number of rotatable bonds is 3. The molecule has 2 unspecified atom stereocenters. The van der Waals surface area contributed by atoms with Gasteiger partial charge in [0.1, 0.15) is 0 Å². The van der Waals surface area contributed by atoms with Crippen LogP contribution in [0.15, 0.2) is 18.2 Å². The zero-order valence-electron chi connectivity index (χ0n) is 9.17. The predicted molar refractivity (Wildman–Crippen MR) is 57.0 cm³/mol. The second-order valence-electron chi connectivity index (χ2n) is 4.06. The molecular weight excluding hydrogens is 212 g/mol. The van der Waals surface area contributed by atoms with Crippen molar-refractivity contribution < 1.29 is 13.5 Å². The van der Waals surface area contributed by atoms with Gasteiger partial charge in [0.15, 0.2) is 11.6 Å². The molecule has 0 spiro atoms. The summed E-state index contributed by atoms with van der Waals surface area (Å²) in [7, 11) is 0. The van der Waals surface area contributed by atoms with Gasteiger partial charge in [-0.25, -0.2) is 8.78 Å². The lowest BCUT2D eigenvalue weighted by atomic mass is 10.1. The largest absolute Gasteiger partial charge is 0.377 e. The third-order valence-electron chi connectivity index (χ3n) is 2.96. The molecule has 1 aromatic rings. The maximum atomic E-state index is 13.3. The Morgan fingerprint density at radius 3 is 2.94 bits per heavy atom. The summed E-state index contributed by atoms with van der Waals surface area (Å²) in [5.74, 6) is -1.56. The second-order valence-corrected chi connectivity index (χ2v) is 4.06. The van der Waals surface area contributed by atoms with Crippen LogP contribution in [-0.4, -0.2) is 18.8 Å². The summed E-state index contributed by atoms with van der Waals surface area (Å²) in [5.41, 5.74) is 0.360. The first-order valence-electron chi connectivity index (χ1n) is 5.46. The average Bonchev–Trinajstić information content (AvgIpc) is 2.67. The normalized spacial score (nSPS) is 24.9. The molecule has 88 valence electrons. The lowest BCUT2D eigenvalue weighted by Gasteiger charge is -2.16. The topological polar surface area (TPSA) is 21.3 Å². The zero-order valence-corrected chi connectivity index (χ0v) is 9.17. The third-order valence-corrected chi connectivity index (χ3v) is 2.96. The van der Waals surface area contributed by atoms with Crippen LogP contribution in [0, 0.1) is 11.6 Å². The molecule has 0 amide bonds. The van der Waals surface area contributed by atoms with Crippen LogP contribution in [0.2, 0.25) is 0 Å². The highest BCUT2D eigenvalue weighted by Crippen LogP contribution is 2.15. The fourth-order valence-electron chi connectivity index (χ4n) is 1.93. The van der Waals surface area contributed by atoms with Crippen molar-refractivity contribution in [2.45, 2.75) is 32.0 Å². The van der Waals surface area contributed by atoms with Crippen LogP contribution in [0.3, 0.4) is 0 Å². The Morgan fingerprint density at radius 2 is 2.25 bits per heavy atom. The van der Waals surface area contributed by atoms with Gasteiger partial charge in [0.2, 0.25) is 0 Å². The summed E-state index contributed by atoms with van der Waals surface area (Å²) in [4.78, 5) is 0. The lowest BCUT2D eigenvalue weighted by molar-refractivity contribution is 0.113. The highest BCUT2D eigenvalue weighted by atomic mass is 19.2. The van der Waals surface area contributed by atoms with Crippen LogP contribution in [-0.2, 0) is 11.3 Å². The number of nitrogens with one attached hydrogen (secondary N) is 1. The molecule has 0 radical (unpaired) electrons. The molecule has 16 heavy (non-hydrogen) atoms. The predicted octanol–water partition coefficient (Wildman–Crippen LogP) is 2.23. The Hall–Kier alpha value is -1.00. The van der Waals surface area contributed by atoms with E-state index in [0.717, 1.165) is 19.1 Å². The molecule has 1 heterocycles. The molecule has 1 aliphatic rings. The fourth-order valence-corrected chi connectivity index (χ4v) is 1.93. The van der Waals surface area contributed by atoms with E-state index in [1.165, 1.54) is 6.07 Å². The summed E-state index contributed by atoms with van der Waals surface area (Å²) in [5, 5.41) is 3.18. The Kier molecular flexibility index (Phi) is 3.51. The molecule has 0 bridgehead atoms. The summed E-state index contributed by atoms with van der Waals surface area (Å²) in [6, 6.07) is 4.46. The SMILES string of the molecule is CC1OCCC1NCc1cccc(F)c1F. The van der Waals surface area contributed by atoms with Crippen molar-refractivity contribution in [3.63, 3.8) is 0 Å². The molecule has 1 aliphatic heterocycles. The molecule has 0 aliphatic carbocycles. The van der Waals surface area contributed by atoms with Crippen LogP contribution in [0.4, 0.5) is 8.78 Å². The van der Waals surface area contributed by atoms with Gasteiger partial charge in [-0.05, 0) is 19.4 Å².